The van der Waals surface area contributed by atoms with Gasteiger partial charge in [0.25, 0.3) is 0 Å². The molecule has 0 aromatic carbocycles. The van der Waals surface area contributed by atoms with Crippen LogP contribution in [0.4, 0.5) is 0 Å². The van der Waals surface area contributed by atoms with Crippen LogP contribution in [-0.4, -0.2) is 18.4 Å². The zero-order chi connectivity index (χ0) is 19.1. The third kappa shape index (κ3) is 8.67. The van der Waals surface area contributed by atoms with Crippen molar-refractivity contribution >= 4 is 32.6 Å². The van der Waals surface area contributed by atoms with Crippen LogP contribution in [-0.2, 0) is 6.42 Å². The fraction of sp³-hybridized carbons (Fsp3) is 0.833. The first-order valence-electron chi connectivity index (χ1n) is 11.8. The van der Waals surface area contributed by atoms with Crippen molar-refractivity contribution in [1.29, 1.82) is 0 Å². The summed E-state index contributed by atoms with van der Waals surface area (Å²) in [5.41, 5.74) is 1.80. The molecule has 0 aliphatic rings. The second-order valence-corrected chi connectivity index (χ2v) is 23.4. The third-order valence-corrected chi connectivity index (χ3v) is 25.6. The van der Waals surface area contributed by atoms with Crippen LogP contribution in [0, 0.1) is 0 Å². The number of aryl methyl sites for hydroxylation is 1. The van der Waals surface area contributed by atoms with Gasteiger partial charge >= 0.3 is 174 Å². The Morgan fingerprint density at radius 3 is 1.69 bits per heavy atom. The molecule has 152 valence electrons. The molecule has 0 amide bonds. The van der Waals surface area contributed by atoms with Crippen molar-refractivity contribution in [2.75, 3.05) is 0 Å². The maximum absolute atomic E-state index is 2.52. The van der Waals surface area contributed by atoms with Crippen molar-refractivity contribution in [3.05, 3.63) is 17.0 Å². The van der Waals surface area contributed by atoms with Gasteiger partial charge in [0.05, 0.1) is 0 Å². The number of thiophene rings is 1. The number of rotatable bonds is 17. The van der Waals surface area contributed by atoms with Gasteiger partial charge in [-0.3, -0.25) is 0 Å². The molecule has 0 aliphatic heterocycles. The Morgan fingerprint density at radius 2 is 1.15 bits per heavy atom. The Morgan fingerprint density at radius 1 is 0.654 bits per heavy atom. The van der Waals surface area contributed by atoms with Gasteiger partial charge in [-0.1, -0.05) is 0 Å². The first kappa shape index (κ1) is 24.5. The SMILES string of the molecule is CCCCCCCCc1ccs[c]1[Sn]([CH2]CCC)([CH2]CCC)[CH2]CCC. The molecule has 0 bridgehead atoms. The maximum atomic E-state index is 2.52. The van der Waals surface area contributed by atoms with Gasteiger partial charge in [-0.2, -0.15) is 0 Å². The van der Waals surface area contributed by atoms with E-state index in [9.17, 15) is 0 Å². The fourth-order valence-electron chi connectivity index (χ4n) is 4.35. The summed E-state index contributed by atoms with van der Waals surface area (Å²) < 4.78 is 6.85. The molecule has 1 aromatic rings. The van der Waals surface area contributed by atoms with Gasteiger partial charge in [-0.15, -0.1) is 0 Å². The number of hydrogen-bond donors (Lipinski definition) is 0. The molecule has 2 heteroatoms. The average molecular weight is 485 g/mol. The first-order chi connectivity index (χ1) is 12.7. The van der Waals surface area contributed by atoms with E-state index in [1.165, 1.54) is 83.5 Å². The van der Waals surface area contributed by atoms with E-state index in [2.05, 4.69) is 50.5 Å². The molecule has 0 saturated heterocycles. The van der Waals surface area contributed by atoms with Crippen LogP contribution >= 0.6 is 11.3 Å². The summed E-state index contributed by atoms with van der Waals surface area (Å²) in [6.45, 7) is 9.48. The second kappa shape index (κ2) is 15.4. The van der Waals surface area contributed by atoms with E-state index in [0.717, 1.165) is 0 Å². The molecular weight excluding hydrogens is 439 g/mol. The molecule has 1 aromatic heterocycles. The van der Waals surface area contributed by atoms with Gasteiger partial charge in [0, 0.05) is 0 Å². The normalized spacial score (nSPS) is 12.0. The molecule has 0 spiro atoms. The summed E-state index contributed by atoms with van der Waals surface area (Å²) in [6, 6.07) is 2.52. The molecule has 26 heavy (non-hydrogen) atoms. The molecule has 0 fully saturated rings. The molecule has 1 rings (SSSR count). The summed E-state index contributed by atoms with van der Waals surface area (Å²) in [7, 11) is 0. The summed E-state index contributed by atoms with van der Waals surface area (Å²) in [5.74, 6) is 0. The molecule has 0 aliphatic carbocycles. The van der Waals surface area contributed by atoms with Crippen LogP contribution in [0.2, 0.25) is 13.3 Å². The molecule has 0 saturated carbocycles. The van der Waals surface area contributed by atoms with E-state index < -0.39 is 18.4 Å². The Labute approximate surface area is 173 Å². The standard InChI is InChI=1S/C12H19S.3C4H9.Sn/c1-2-3-4-5-6-7-8-12-9-10-13-11-12;3*1-3-4-2;/h9-10H,2-8H2,1H3;3*1,3-4H2,2H3;. The number of unbranched alkanes of at least 4 members (excludes halogenated alkanes) is 8. The van der Waals surface area contributed by atoms with E-state index in [-0.39, 0.29) is 0 Å². The molecular formula is C24H46SSn. The van der Waals surface area contributed by atoms with Crippen molar-refractivity contribution in [1.82, 2.24) is 0 Å². The van der Waals surface area contributed by atoms with E-state index in [4.69, 9.17) is 0 Å². The van der Waals surface area contributed by atoms with Crippen LogP contribution in [0.5, 0.6) is 0 Å². The Bertz CT molecular complexity index is 415. The predicted molar refractivity (Wildman–Crippen MR) is 126 cm³/mol. The minimum absolute atomic E-state index is 1.36. The van der Waals surface area contributed by atoms with Crippen LogP contribution < -0.4 is 2.89 Å². The van der Waals surface area contributed by atoms with E-state index in [1.54, 1.807) is 18.9 Å². The van der Waals surface area contributed by atoms with E-state index >= 15 is 0 Å². The Hall–Kier alpha value is 0.499. The fourth-order valence-corrected chi connectivity index (χ4v) is 25.5. The summed E-state index contributed by atoms with van der Waals surface area (Å²) >= 11 is -0.0224. The first-order valence-corrected chi connectivity index (χ1v) is 20.2. The van der Waals surface area contributed by atoms with E-state index in [0.29, 0.717) is 0 Å². The Kier molecular flexibility index (Phi) is 14.6. The average Bonchev–Trinajstić information content (AvgIpc) is 3.13. The van der Waals surface area contributed by atoms with Crippen molar-refractivity contribution in [3.8, 4) is 0 Å². The van der Waals surface area contributed by atoms with Gasteiger partial charge in [0.15, 0.2) is 0 Å². The van der Waals surface area contributed by atoms with Gasteiger partial charge < -0.3 is 0 Å². The Balaban J connectivity index is 2.82. The van der Waals surface area contributed by atoms with Crippen LogP contribution in [0.3, 0.4) is 0 Å². The number of hydrogen-bond acceptors (Lipinski definition) is 1. The molecule has 0 N–H and O–H groups in total. The topological polar surface area (TPSA) is 0 Å². The third-order valence-electron chi connectivity index (χ3n) is 6.05. The molecule has 0 atom stereocenters. The molecule has 0 unspecified atom stereocenters. The zero-order valence-electron chi connectivity index (χ0n) is 18.4. The minimum atomic E-state index is -2.20. The monoisotopic (exact) mass is 486 g/mol. The zero-order valence-corrected chi connectivity index (χ0v) is 22.0. The molecule has 0 nitrogen and oxygen atoms in total. The molecule has 1 heterocycles. The summed E-state index contributed by atoms with van der Waals surface area (Å²) in [5, 5.41) is 2.44. The van der Waals surface area contributed by atoms with Crippen LogP contribution in [0.15, 0.2) is 11.4 Å². The van der Waals surface area contributed by atoms with Gasteiger partial charge in [-0.05, 0) is 0 Å². The summed E-state index contributed by atoms with van der Waals surface area (Å²) in [6.07, 6.45) is 18.5. The van der Waals surface area contributed by atoms with Crippen molar-refractivity contribution < 1.29 is 0 Å². The van der Waals surface area contributed by atoms with Crippen molar-refractivity contribution in [2.24, 2.45) is 0 Å². The second-order valence-electron chi connectivity index (χ2n) is 8.38. The molecule has 0 radical (unpaired) electrons. The van der Waals surface area contributed by atoms with Crippen LogP contribution in [0.1, 0.15) is 110 Å². The van der Waals surface area contributed by atoms with Gasteiger partial charge in [0.2, 0.25) is 0 Å². The summed E-state index contributed by atoms with van der Waals surface area (Å²) in [4.78, 5) is 0. The van der Waals surface area contributed by atoms with Crippen molar-refractivity contribution in [3.63, 3.8) is 0 Å². The quantitative estimate of drug-likeness (QED) is 0.153. The predicted octanol–water partition coefficient (Wildman–Crippen LogP) is 8.71. The van der Waals surface area contributed by atoms with Gasteiger partial charge in [-0.25, -0.2) is 0 Å². The van der Waals surface area contributed by atoms with Crippen LogP contribution in [0.25, 0.3) is 0 Å². The van der Waals surface area contributed by atoms with E-state index in [1.807, 2.05) is 2.89 Å². The van der Waals surface area contributed by atoms with Gasteiger partial charge in [0.1, 0.15) is 0 Å². The van der Waals surface area contributed by atoms with Crippen molar-refractivity contribution in [2.45, 2.75) is 124 Å².